The van der Waals surface area contributed by atoms with Crippen LogP contribution < -0.4 is 11.1 Å². The number of nitrogens with one attached hydrogen (secondary N) is 1. The van der Waals surface area contributed by atoms with Gasteiger partial charge in [-0.05, 0) is 44.6 Å². The van der Waals surface area contributed by atoms with E-state index in [-0.39, 0.29) is 12.0 Å². The second-order valence-corrected chi connectivity index (χ2v) is 5.03. The Morgan fingerprint density at radius 1 is 1.53 bits per heavy atom. The van der Waals surface area contributed by atoms with Crippen LogP contribution in [-0.4, -0.2) is 31.7 Å². The average Bonchev–Trinajstić information content (AvgIpc) is 2.35. The number of ether oxygens (including phenoxy) is 1. The number of carbonyl (C=O) groups is 1. The molecule has 1 aliphatic rings. The second-order valence-electron chi connectivity index (χ2n) is 5.03. The molecule has 0 aromatic carbocycles. The number of hydrogen-bond acceptors (Lipinski definition) is 3. The summed E-state index contributed by atoms with van der Waals surface area (Å²) in [6, 6.07) is 0. The van der Waals surface area contributed by atoms with E-state index in [1.807, 2.05) is 0 Å². The highest BCUT2D eigenvalue weighted by molar-refractivity contribution is 5.76. The lowest BCUT2D eigenvalue weighted by Crippen LogP contribution is -2.31. The van der Waals surface area contributed by atoms with E-state index in [4.69, 9.17) is 10.5 Å². The van der Waals surface area contributed by atoms with Crippen LogP contribution in [0.2, 0.25) is 0 Å². The van der Waals surface area contributed by atoms with E-state index in [0.29, 0.717) is 12.3 Å². The first-order valence-electron chi connectivity index (χ1n) is 6.80. The third-order valence-electron chi connectivity index (χ3n) is 3.29. The molecule has 0 aromatic rings. The van der Waals surface area contributed by atoms with Crippen molar-refractivity contribution in [3.05, 3.63) is 0 Å². The van der Waals surface area contributed by atoms with Crippen molar-refractivity contribution in [1.82, 2.24) is 5.32 Å². The predicted molar refractivity (Wildman–Crippen MR) is 68.7 cm³/mol. The van der Waals surface area contributed by atoms with Crippen LogP contribution in [0.4, 0.5) is 0 Å². The van der Waals surface area contributed by atoms with Crippen LogP contribution in [0.15, 0.2) is 0 Å². The van der Waals surface area contributed by atoms with Gasteiger partial charge in [0.2, 0.25) is 5.91 Å². The Hall–Kier alpha value is -0.610. The first kappa shape index (κ1) is 14.5. The van der Waals surface area contributed by atoms with Crippen molar-refractivity contribution in [3.63, 3.8) is 0 Å². The number of rotatable bonds is 7. The van der Waals surface area contributed by atoms with E-state index in [0.717, 1.165) is 45.4 Å². The molecule has 1 rings (SSSR count). The molecule has 4 heteroatoms. The molecule has 1 amide bonds. The lowest BCUT2D eigenvalue weighted by molar-refractivity contribution is -0.124. The molecule has 17 heavy (non-hydrogen) atoms. The first-order valence-corrected chi connectivity index (χ1v) is 6.80. The first-order chi connectivity index (χ1) is 8.22. The maximum atomic E-state index is 11.6. The van der Waals surface area contributed by atoms with Gasteiger partial charge in [0.15, 0.2) is 0 Å². The summed E-state index contributed by atoms with van der Waals surface area (Å²) in [5, 5.41) is 2.95. The monoisotopic (exact) mass is 242 g/mol. The predicted octanol–water partition coefficient (Wildman–Crippen LogP) is 1.44. The molecule has 0 aliphatic carbocycles. The van der Waals surface area contributed by atoms with E-state index in [1.165, 1.54) is 6.42 Å². The third kappa shape index (κ3) is 6.64. The van der Waals surface area contributed by atoms with Crippen molar-refractivity contribution >= 4 is 5.91 Å². The maximum absolute atomic E-state index is 11.6. The molecule has 2 unspecified atom stereocenters. The number of amides is 1. The van der Waals surface area contributed by atoms with Gasteiger partial charge in [0.05, 0.1) is 12.5 Å². The SMILES string of the molecule is CC(CN)CCCNC(=O)CC1CCCCO1. The lowest BCUT2D eigenvalue weighted by atomic mass is 10.1. The zero-order valence-electron chi connectivity index (χ0n) is 10.9. The van der Waals surface area contributed by atoms with Crippen LogP contribution in [0, 0.1) is 5.92 Å². The normalized spacial score (nSPS) is 22.1. The van der Waals surface area contributed by atoms with Gasteiger partial charge in [-0.15, -0.1) is 0 Å². The van der Waals surface area contributed by atoms with Gasteiger partial charge in [0.1, 0.15) is 0 Å². The van der Waals surface area contributed by atoms with Crippen molar-refractivity contribution in [3.8, 4) is 0 Å². The van der Waals surface area contributed by atoms with Crippen molar-refractivity contribution < 1.29 is 9.53 Å². The van der Waals surface area contributed by atoms with E-state index >= 15 is 0 Å². The minimum Gasteiger partial charge on any atom is -0.378 e. The Labute approximate surface area is 104 Å². The average molecular weight is 242 g/mol. The molecular weight excluding hydrogens is 216 g/mol. The molecule has 2 atom stereocenters. The van der Waals surface area contributed by atoms with Crippen LogP contribution in [0.1, 0.15) is 45.4 Å². The Morgan fingerprint density at radius 2 is 2.35 bits per heavy atom. The van der Waals surface area contributed by atoms with Crippen LogP contribution in [0.3, 0.4) is 0 Å². The van der Waals surface area contributed by atoms with Crippen LogP contribution in [0.25, 0.3) is 0 Å². The summed E-state index contributed by atoms with van der Waals surface area (Å²) in [5.74, 6) is 0.672. The highest BCUT2D eigenvalue weighted by Crippen LogP contribution is 2.15. The molecule has 0 spiro atoms. The topological polar surface area (TPSA) is 64.3 Å². The van der Waals surface area contributed by atoms with Crippen LogP contribution >= 0.6 is 0 Å². The largest absolute Gasteiger partial charge is 0.378 e. The molecule has 1 fully saturated rings. The Morgan fingerprint density at radius 3 is 3.00 bits per heavy atom. The van der Waals surface area contributed by atoms with Gasteiger partial charge >= 0.3 is 0 Å². The van der Waals surface area contributed by atoms with Crippen molar-refractivity contribution in [2.75, 3.05) is 19.7 Å². The van der Waals surface area contributed by atoms with Gasteiger partial charge in [0, 0.05) is 13.2 Å². The maximum Gasteiger partial charge on any atom is 0.222 e. The molecule has 0 radical (unpaired) electrons. The molecule has 1 heterocycles. The van der Waals surface area contributed by atoms with E-state index in [1.54, 1.807) is 0 Å². The van der Waals surface area contributed by atoms with Crippen molar-refractivity contribution in [2.24, 2.45) is 11.7 Å². The molecule has 3 N–H and O–H groups in total. The summed E-state index contributed by atoms with van der Waals surface area (Å²) in [7, 11) is 0. The van der Waals surface area contributed by atoms with Crippen molar-refractivity contribution in [2.45, 2.75) is 51.6 Å². The molecule has 100 valence electrons. The summed E-state index contributed by atoms with van der Waals surface area (Å²) >= 11 is 0. The van der Waals surface area contributed by atoms with Crippen molar-refractivity contribution in [1.29, 1.82) is 0 Å². The fraction of sp³-hybridized carbons (Fsp3) is 0.923. The molecule has 1 aliphatic heterocycles. The molecule has 1 saturated heterocycles. The fourth-order valence-electron chi connectivity index (χ4n) is 2.04. The Balaban J connectivity index is 2.00. The number of nitrogens with two attached hydrogens (primary N) is 1. The number of hydrogen-bond donors (Lipinski definition) is 2. The standard InChI is InChI=1S/C13H26N2O2/c1-11(10-14)5-4-7-15-13(16)9-12-6-2-3-8-17-12/h11-12H,2-10,14H2,1H3,(H,15,16). The van der Waals surface area contributed by atoms with E-state index in [2.05, 4.69) is 12.2 Å². The summed E-state index contributed by atoms with van der Waals surface area (Å²) in [5.41, 5.74) is 5.53. The molecule has 4 nitrogen and oxygen atoms in total. The van der Waals surface area contributed by atoms with Gasteiger partial charge in [-0.1, -0.05) is 6.92 Å². The molecule has 0 aromatic heterocycles. The summed E-state index contributed by atoms with van der Waals surface area (Å²) in [6.07, 6.45) is 6.10. The van der Waals surface area contributed by atoms with Gasteiger partial charge in [-0.2, -0.15) is 0 Å². The lowest BCUT2D eigenvalue weighted by Gasteiger charge is -2.21. The van der Waals surface area contributed by atoms with Gasteiger partial charge < -0.3 is 15.8 Å². The summed E-state index contributed by atoms with van der Waals surface area (Å²) in [4.78, 5) is 11.6. The van der Waals surface area contributed by atoms with Gasteiger partial charge in [0.25, 0.3) is 0 Å². The van der Waals surface area contributed by atoms with Gasteiger partial charge in [-0.3, -0.25) is 4.79 Å². The molecule has 0 bridgehead atoms. The second kappa shape index (κ2) is 8.48. The van der Waals surface area contributed by atoms with Crippen LogP contribution in [0.5, 0.6) is 0 Å². The van der Waals surface area contributed by atoms with E-state index < -0.39 is 0 Å². The zero-order chi connectivity index (χ0) is 12.5. The zero-order valence-corrected chi connectivity index (χ0v) is 10.9. The van der Waals surface area contributed by atoms with Crippen LogP contribution in [-0.2, 0) is 9.53 Å². The Bertz CT molecular complexity index is 215. The highest BCUT2D eigenvalue weighted by atomic mass is 16.5. The summed E-state index contributed by atoms with van der Waals surface area (Å²) in [6.45, 7) is 4.43. The van der Waals surface area contributed by atoms with E-state index in [9.17, 15) is 4.79 Å². The Kier molecular flexibility index (Phi) is 7.21. The molecular formula is C13H26N2O2. The minimum atomic E-state index is 0.123. The summed E-state index contributed by atoms with van der Waals surface area (Å²) < 4.78 is 5.53. The number of carbonyl (C=O) groups excluding carboxylic acids is 1. The molecule has 0 saturated carbocycles. The smallest absolute Gasteiger partial charge is 0.222 e. The fourth-order valence-corrected chi connectivity index (χ4v) is 2.04. The minimum absolute atomic E-state index is 0.123. The third-order valence-corrected chi connectivity index (χ3v) is 3.29. The van der Waals surface area contributed by atoms with Gasteiger partial charge in [-0.25, -0.2) is 0 Å². The highest BCUT2D eigenvalue weighted by Gasteiger charge is 2.17. The quantitative estimate of drug-likeness (QED) is 0.664.